The zero-order valence-corrected chi connectivity index (χ0v) is 19.5. The van der Waals surface area contributed by atoms with Crippen LogP contribution in [0.25, 0.3) is 0 Å². The van der Waals surface area contributed by atoms with Gasteiger partial charge in [-0.15, -0.1) is 0 Å². The minimum Gasteiger partial charge on any atom is -0.465 e. The summed E-state index contributed by atoms with van der Waals surface area (Å²) in [6.07, 6.45) is -0.00970. The molecular weight excluding hydrogens is 480 g/mol. The summed E-state index contributed by atoms with van der Waals surface area (Å²) in [5.41, 5.74) is 3.49. The highest BCUT2D eigenvalue weighted by atomic mass is 79.9. The molecule has 1 fully saturated rings. The summed E-state index contributed by atoms with van der Waals surface area (Å²) >= 11 is 3.44. The van der Waals surface area contributed by atoms with Gasteiger partial charge in [0.1, 0.15) is 0 Å². The SMILES string of the molecule is COC(=O)c1ccc(N2C[C@@H](C(=O)OCC(=O)Nc3ccc(Br)c(C)c3C)CC2=O)cc1. The van der Waals surface area contributed by atoms with E-state index >= 15 is 0 Å². The van der Waals surface area contributed by atoms with E-state index in [4.69, 9.17) is 4.74 Å². The summed E-state index contributed by atoms with van der Waals surface area (Å²) in [4.78, 5) is 50.0. The average Bonchev–Trinajstić information content (AvgIpc) is 3.19. The van der Waals surface area contributed by atoms with Crippen LogP contribution in [0, 0.1) is 19.8 Å². The zero-order chi connectivity index (χ0) is 23.4. The van der Waals surface area contributed by atoms with E-state index in [9.17, 15) is 19.2 Å². The monoisotopic (exact) mass is 502 g/mol. The molecule has 2 aromatic carbocycles. The third-order valence-electron chi connectivity index (χ3n) is 5.40. The molecule has 1 atom stereocenters. The van der Waals surface area contributed by atoms with Gasteiger partial charge in [0.05, 0.1) is 18.6 Å². The second-order valence-electron chi connectivity index (χ2n) is 7.44. The van der Waals surface area contributed by atoms with Crippen molar-refractivity contribution in [3.05, 3.63) is 57.6 Å². The normalized spacial score (nSPS) is 15.4. The molecule has 8 nitrogen and oxygen atoms in total. The maximum absolute atomic E-state index is 12.4. The van der Waals surface area contributed by atoms with Gasteiger partial charge in [0, 0.05) is 28.8 Å². The summed E-state index contributed by atoms with van der Waals surface area (Å²) in [6, 6.07) is 9.94. The molecular formula is C23H23BrN2O6. The van der Waals surface area contributed by atoms with E-state index in [1.165, 1.54) is 12.0 Å². The van der Waals surface area contributed by atoms with Gasteiger partial charge in [0.2, 0.25) is 5.91 Å². The number of hydrogen-bond acceptors (Lipinski definition) is 6. The smallest absolute Gasteiger partial charge is 0.337 e. The van der Waals surface area contributed by atoms with Gasteiger partial charge in [-0.25, -0.2) is 4.79 Å². The first-order chi connectivity index (χ1) is 15.2. The quantitative estimate of drug-likeness (QED) is 0.607. The number of carbonyl (C=O) groups is 4. The van der Waals surface area contributed by atoms with Crippen molar-refractivity contribution in [3.63, 3.8) is 0 Å². The molecule has 1 heterocycles. The fourth-order valence-electron chi connectivity index (χ4n) is 3.37. The number of nitrogens with zero attached hydrogens (tertiary/aromatic N) is 1. The highest BCUT2D eigenvalue weighted by Gasteiger charge is 2.36. The molecule has 1 aliphatic heterocycles. The minimum absolute atomic E-state index is 0.00970. The first kappa shape index (κ1) is 23.5. The molecule has 32 heavy (non-hydrogen) atoms. The number of methoxy groups -OCH3 is 1. The highest BCUT2D eigenvalue weighted by molar-refractivity contribution is 9.10. The fraction of sp³-hybridized carbons (Fsp3) is 0.304. The summed E-state index contributed by atoms with van der Waals surface area (Å²) in [5.74, 6) is -2.44. The van der Waals surface area contributed by atoms with E-state index in [1.807, 2.05) is 19.9 Å². The summed E-state index contributed by atoms with van der Waals surface area (Å²) in [6.45, 7) is 3.52. The Kier molecular flexibility index (Phi) is 7.29. The van der Waals surface area contributed by atoms with Gasteiger partial charge in [-0.1, -0.05) is 15.9 Å². The lowest BCUT2D eigenvalue weighted by molar-refractivity contribution is -0.151. The van der Waals surface area contributed by atoms with E-state index in [0.717, 1.165) is 15.6 Å². The standard InChI is InChI=1S/C23H23BrN2O6/c1-13-14(2)19(9-8-18(13)24)25-20(27)12-32-23(30)16-10-21(28)26(11-16)17-6-4-15(5-7-17)22(29)31-3/h4-9,16H,10-12H2,1-3H3,(H,25,27)/t16-/m0/s1. The molecule has 0 radical (unpaired) electrons. The van der Waals surface area contributed by atoms with Crippen LogP contribution in [0.2, 0.25) is 0 Å². The summed E-state index contributed by atoms with van der Waals surface area (Å²) in [5, 5.41) is 2.73. The van der Waals surface area contributed by atoms with Crippen LogP contribution in [0.4, 0.5) is 11.4 Å². The van der Waals surface area contributed by atoms with E-state index < -0.39 is 30.4 Å². The fourth-order valence-corrected chi connectivity index (χ4v) is 3.80. The van der Waals surface area contributed by atoms with Crippen LogP contribution < -0.4 is 10.2 Å². The molecule has 2 amide bonds. The number of carbonyl (C=O) groups excluding carboxylic acids is 4. The number of nitrogens with one attached hydrogen (secondary N) is 1. The predicted molar refractivity (Wildman–Crippen MR) is 121 cm³/mol. The molecule has 0 spiro atoms. The van der Waals surface area contributed by atoms with E-state index in [1.54, 1.807) is 30.3 Å². The minimum atomic E-state index is -0.674. The van der Waals surface area contributed by atoms with Crippen molar-refractivity contribution < 1.29 is 28.7 Å². The van der Waals surface area contributed by atoms with Gasteiger partial charge >= 0.3 is 11.9 Å². The molecule has 9 heteroatoms. The van der Waals surface area contributed by atoms with E-state index in [2.05, 4.69) is 26.0 Å². The maximum atomic E-state index is 12.4. The average molecular weight is 503 g/mol. The molecule has 0 unspecified atom stereocenters. The van der Waals surface area contributed by atoms with Gasteiger partial charge in [0.15, 0.2) is 6.61 Å². The van der Waals surface area contributed by atoms with Crippen molar-refractivity contribution in [3.8, 4) is 0 Å². The van der Waals surface area contributed by atoms with Crippen LogP contribution >= 0.6 is 15.9 Å². The maximum Gasteiger partial charge on any atom is 0.337 e. The van der Waals surface area contributed by atoms with Crippen molar-refractivity contribution in [1.82, 2.24) is 0 Å². The lowest BCUT2D eigenvalue weighted by atomic mass is 10.1. The third kappa shape index (κ3) is 5.16. The van der Waals surface area contributed by atoms with Gasteiger partial charge in [-0.05, 0) is 61.4 Å². The Bertz CT molecular complexity index is 1070. The summed E-state index contributed by atoms with van der Waals surface area (Å²) in [7, 11) is 1.29. The van der Waals surface area contributed by atoms with Crippen molar-refractivity contribution >= 4 is 51.1 Å². The summed E-state index contributed by atoms with van der Waals surface area (Å²) < 4.78 is 10.7. The molecule has 1 saturated heterocycles. The number of amides is 2. The Morgan fingerprint density at radius 1 is 1.09 bits per heavy atom. The highest BCUT2D eigenvalue weighted by Crippen LogP contribution is 2.27. The number of benzene rings is 2. The molecule has 1 aliphatic rings. The molecule has 0 bridgehead atoms. The first-order valence-corrected chi connectivity index (χ1v) is 10.7. The molecule has 0 aliphatic carbocycles. The molecule has 0 aromatic heterocycles. The Morgan fingerprint density at radius 3 is 2.44 bits per heavy atom. The van der Waals surface area contributed by atoms with Gasteiger partial charge in [-0.3, -0.25) is 14.4 Å². The van der Waals surface area contributed by atoms with Gasteiger partial charge in [-0.2, -0.15) is 0 Å². The number of hydrogen-bond donors (Lipinski definition) is 1. The molecule has 1 N–H and O–H groups in total. The predicted octanol–water partition coefficient (Wildman–Crippen LogP) is 3.39. The van der Waals surface area contributed by atoms with E-state index in [0.29, 0.717) is 16.9 Å². The van der Waals surface area contributed by atoms with Crippen LogP contribution in [-0.2, 0) is 23.9 Å². The number of ether oxygens (including phenoxy) is 2. The zero-order valence-electron chi connectivity index (χ0n) is 17.9. The topological polar surface area (TPSA) is 102 Å². The second kappa shape index (κ2) is 9.95. The number of esters is 2. The van der Waals surface area contributed by atoms with Crippen LogP contribution in [0.15, 0.2) is 40.9 Å². The largest absolute Gasteiger partial charge is 0.465 e. The van der Waals surface area contributed by atoms with Crippen molar-refractivity contribution in [2.75, 3.05) is 30.5 Å². The Labute approximate surface area is 194 Å². The lowest BCUT2D eigenvalue weighted by Gasteiger charge is -2.17. The van der Waals surface area contributed by atoms with Crippen molar-refractivity contribution in [2.45, 2.75) is 20.3 Å². The van der Waals surface area contributed by atoms with Crippen LogP contribution in [0.5, 0.6) is 0 Å². The van der Waals surface area contributed by atoms with Crippen molar-refractivity contribution in [2.24, 2.45) is 5.92 Å². The molecule has 0 saturated carbocycles. The van der Waals surface area contributed by atoms with E-state index in [-0.39, 0.29) is 18.9 Å². The molecule has 168 valence electrons. The van der Waals surface area contributed by atoms with Crippen LogP contribution in [-0.4, -0.2) is 44.0 Å². The third-order valence-corrected chi connectivity index (χ3v) is 6.26. The Morgan fingerprint density at radius 2 is 1.78 bits per heavy atom. The van der Waals surface area contributed by atoms with Gasteiger partial charge in [0.25, 0.3) is 5.91 Å². The molecule has 2 aromatic rings. The first-order valence-electron chi connectivity index (χ1n) is 9.92. The van der Waals surface area contributed by atoms with Crippen LogP contribution in [0.1, 0.15) is 27.9 Å². The Hall–Kier alpha value is -3.20. The lowest BCUT2D eigenvalue weighted by Crippen LogP contribution is -2.28. The van der Waals surface area contributed by atoms with Gasteiger partial charge < -0.3 is 19.7 Å². The number of rotatable bonds is 6. The Balaban J connectivity index is 1.55. The van der Waals surface area contributed by atoms with Crippen LogP contribution in [0.3, 0.4) is 0 Å². The number of halogens is 1. The number of anilines is 2. The molecule has 3 rings (SSSR count). The second-order valence-corrected chi connectivity index (χ2v) is 8.30. The van der Waals surface area contributed by atoms with Crippen molar-refractivity contribution in [1.29, 1.82) is 0 Å².